The van der Waals surface area contributed by atoms with E-state index in [1.807, 2.05) is 0 Å². The van der Waals surface area contributed by atoms with E-state index in [0.29, 0.717) is 55.0 Å². The van der Waals surface area contributed by atoms with Gasteiger partial charge in [-0.25, -0.2) is 13.6 Å². The molecule has 6 nitrogen and oxygen atoms in total. The quantitative estimate of drug-likeness (QED) is 0.480. The van der Waals surface area contributed by atoms with Crippen LogP contribution in [0.2, 0.25) is 0 Å². The molecule has 0 spiro atoms. The van der Waals surface area contributed by atoms with Gasteiger partial charge in [0.15, 0.2) is 17.4 Å². The van der Waals surface area contributed by atoms with Gasteiger partial charge in [0.25, 0.3) is 0 Å². The van der Waals surface area contributed by atoms with E-state index in [9.17, 15) is 23.5 Å². The fourth-order valence-electron chi connectivity index (χ4n) is 3.59. The summed E-state index contributed by atoms with van der Waals surface area (Å²) >= 11 is 0. The van der Waals surface area contributed by atoms with E-state index in [4.69, 9.17) is 9.47 Å². The average molecular weight is 457 g/mol. The molecular weight excluding hydrogens is 432 g/mol. The van der Waals surface area contributed by atoms with Crippen LogP contribution >= 0.6 is 0 Å². The Bertz CT molecular complexity index is 1120. The van der Waals surface area contributed by atoms with Gasteiger partial charge < -0.3 is 19.9 Å². The zero-order chi connectivity index (χ0) is 24.0. The van der Waals surface area contributed by atoms with Gasteiger partial charge in [-0.05, 0) is 54.3 Å². The van der Waals surface area contributed by atoms with E-state index in [1.54, 1.807) is 26.2 Å². The van der Waals surface area contributed by atoms with Crippen LogP contribution in [0.25, 0.3) is 16.7 Å². The summed E-state index contributed by atoms with van der Waals surface area (Å²) in [6, 6.07) is 7.32. The lowest BCUT2D eigenvalue weighted by molar-refractivity contribution is -0.134. The molecule has 0 bridgehead atoms. The molecular formula is C25H25F2NO5. The molecule has 1 heterocycles. The van der Waals surface area contributed by atoms with Crippen LogP contribution in [0.15, 0.2) is 48.2 Å². The van der Waals surface area contributed by atoms with Gasteiger partial charge >= 0.3 is 5.97 Å². The van der Waals surface area contributed by atoms with Crippen molar-refractivity contribution < 1.29 is 33.0 Å². The predicted octanol–water partition coefficient (Wildman–Crippen LogP) is 4.13. The summed E-state index contributed by atoms with van der Waals surface area (Å²) in [5.74, 6) is -3.61. The van der Waals surface area contributed by atoms with Crippen LogP contribution in [0.3, 0.4) is 0 Å². The SMILES string of the molecule is COCCCOc1cc2c(cc1-c1cccc(F)c1F)/C(C)=C/C(=O)/C(C(=O)O)=C\NCC2. The number of nitrogens with one attached hydrogen (secondary N) is 1. The van der Waals surface area contributed by atoms with Crippen LogP contribution in [0.4, 0.5) is 8.78 Å². The minimum Gasteiger partial charge on any atom is -0.493 e. The standard InChI is InChI=1S/C25H25F2NO5/c1-15-11-22(29)20(25(30)31)14-28-8-7-16-12-23(33-10-4-9-32-2)19(13-18(15)16)17-5-3-6-21(26)24(17)27/h3,5-6,11-14,28H,4,7-10H2,1-2H3,(H,30,31)/b15-11+,20-14+. The summed E-state index contributed by atoms with van der Waals surface area (Å²) in [6.07, 6.45) is 3.52. The maximum atomic E-state index is 14.7. The summed E-state index contributed by atoms with van der Waals surface area (Å²) < 4.78 is 39.7. The molecule has 2 aromatic rings. The largest absolute Gasteiger partial charge is 0.493 e. The van der Waals surface area contributed by atoms with Gasteiger partial charge in [0.05, 0.1) is 6.61 Å². The summed E-state index contributed by atoms with van der Waals surface area (Å²) in [5, 5.41) is 12.2. The van der Waals surface area contributed by atoms with E-state index in [2.05, 4.69) is 5.32 Å². The minimum absolute atomic E-state index is 0.0278. The number of ether oxygens (including phenoxy) is 2. The zero-order valence-electron chi connectivity index (χ0n) is 18.4. The lowest BCUT2D eigenvalue weighted by atomic mass is 9.91. The molecule has 8 heteroatoms. The van der Waals surface area contributed by atoms with E-state index in [0.717, 1.165) is 11.6 Å². The maximum Gasteiger partial charge on any atom is 0.341 e. The molecule has 0 aliphatic carbocycles. The number of hydrogen-bond donors (Lipinski definition) is 2. The zero-order valence-corrected chi connectivity index (χ0v) is 18.4. The molecule has 174 valence electrons. The third kappa shape index (κ3) is 5.64. The molecule has 2 aromatic carbocycles. The van der Waals surface area contributed by atoms with Crippen LogP contribution in [0.1, 0.15) is 24.5 Å². The van der Waals surface area contributed by atoms with Crippen molar-refractivity contribution in [3.8, 4) is 16.9 Å². The van der Waals surface area contributed by atoms with Crippen molar-refractivity contribution in [2.45, 2.75) is 19.8 Å². The van der Waals surface area contributed by atoms with Crippen molar-refractivity contribution in [3.63, 3.8) is 0 Å². The number of hydrogen-bond acceptors (Lipinski definition) is 5. The number of ketones is 1. The highest BCUT2D eigenvalue weighted by Crippen LogP contribution is 2.37. The topological polar surface area (TPSA) is 84.9 Å². The average Bonchev–Trinajstić information content (AvgIpc) is 2.77. The molecule has 0 aromatic heterocycles. The van der Waals surface area contributed by atoms with Gasteiger partial charge in [-0.3, -0.25) is 4.79 Å². The number of fused-ring (bicyclic) bond motifs is 1. The van der Waals surface area contributed by atoms with Gasteiger partial charge in [-0.2, -0.15) is 0 Å². The minimum atomic E-state index is -1.33. The second kappa shape index (κ2) is 10.9. The molecule has 0 radical (unpaired) electrons. The number of methoxy groups -OCH3 is 1. The Kier molecular flexibility index (Phi) is 7.95. The summed E-state index contributed by atoms with van der Waals surface area (Å²) in [7, 11) is 1.58. The van der Waals surface area contributed by atoms with E-state index < -0.39 is 23.4 Å². The molecule has 0 atom stereocenters. The number of carboxylic acid groups (broad SMARTS) is 1. The Balaban J connectivity index is 2.15. The number of allylic oxidation sites excluding steroid dienone is 2. The van der Waals surface area contributed by atoms with Gasteiger partial charge in [-0.1, -0.05) is 12.1 Å². The van der Waals surface area contributed by atoms with Crippen molar-refractivity contribution in [2.24, 2.45) is 0 Å². The Morgan fingerprint density at radius 2 is 1.94 bits per heavy atom. The molecule has 33 heavy (non-hydrogen) atoms. The van der Waals surface area contributed by atoms with Crippen molar-refractivity contribution in [3.05, 3.63) is 70.9 Å². The Labute approximate surface area is 190 Å². The van der Waals surface area contributed by atoms with E-state index in [-0.39, 0.29) is 11.1 Å². The second-order valence-electron chi connectivity index (χ2n) is 7.56. The van der Waals surface area contributed by atoms with Crippen LogP contribution < -0.4 is 10.1 Å². The maximum absolute atomic E-state index is 14.7. The molecule has 0 saturated carbocycles. The van der Waals surface area contributed by atoms with Gasteiger partial charge in [0.1, 0.15) is 11.3 Å². The van der Waals surface area contributed by atoms with Crippen LogP contribution in [-0.2, 0) is 20.7 Å². The highest BCUT2D eigenvalue weighted by Gasteiger charge is 2.21. The number of carbonyl (C=O) groups is 2. The molecule has 0 fully saturated rings. The first kappa shape index (κ1) is 24.1. The summed E-state index contributed by atoms with van der Waals surface area (Å²) in [5.41, 5.74) is 1.93. The monoisotopic (exact) mass is 457 g/mol. The molecule has 0 unspecified atom stereocenters. The first-order chi connectivity index (χ1) is 15.8. The fraction of sp³-hybridized carbons (Fsp3) is 0.280. The van der Waals surface area contributed by atoms with Crippen LogP contribution in [-0.4, -0.2) is 43.7 Å². The first-order valence-corrected chi connectivity index (χ1v) is 10.5. The van der Waals surface area contributed by atoms with Crippen molar-refractivity contribution >= 4 is 17.3 Å². The number of rotatable bonds is 7. The molecule has 2 N–H and O–H groups in total. The lowest BCUT2D eigenvalue weighted by Crippen LogP contribution is -2.19. The molecule has 0 amide bonds. The molecule has 1 aliphatic heterocycles. The number of halogens is 2. The van der Waals surface area contributed by atoms with Crippen molar-refractivity contribution in [1.82, 2.24) is 5.32 Å². The lowest BCUT2D eigenvalue weighted by Gasteiger charge is -2.19. The number of aliphatic carboxylic acids is 1. The number of benzene rings is 2. The van der Waals surface area contributed by atoms with E-state index >= 15 is 0 Å². The fourth-order valence-corrected chi connectivity index (χ4v) is 3.59. The molecule has 1 aliphatic rings. The third-order valence-corrected chi connectivity index (χ3v) is 5.25. The van der Waals surface area contributed by atoms with Gasteiger partial charge in [0, 0.05) is 44.0 Å². The Morgan fingerprint density at radius 1 is 1.15 bits per heavy atom. The Hall–Kier alpha value is -3.52. The highest BCUT2D eigenvalue weighted by atomic mass is 19.2. The number of carbonyl (C=O) groups excluding carboxylic acids is 1. The highest BCUT2D eigenvalue weighted by molar-refractivity contribution is 6.22. The van der Waals surface area contributed by atoms with Crippen molar-refractivity contribution in [2.75, 3.05) is 26.9 Å². The van der Waals surface area contributed by atoms with Crippen LogP contribution in [0, 0.1) is 11.6 Å². The van der Waals surface area contributed by atoms with E-state index in [1.165, 1.54) is 24.4 Å². The van der Waals surface area contributed by atoms with Gasteiger partial charge in [0.2, 0.25) is 0 Å². The predicted molar refractivity (Wildman–Crippen MR) is 120 cm³/mol. The smallest absolute Gasteiger partial charge is 0.341 e. The summed E-state index contributed by atoms with van der Waals surface area (Å²) in [4.78, 5) is 23.9. The third-order valence-electron chi connectivity index (χ3n) is 5.25. The molecule has 3 rings (SSSR count). The Morgan fingerprint density at radius 3 is 2.67 bits per heavy atom. The first-order valence-electron chi connectivity index (χ1n) is 10.5. The number of carboxylic acids is 1. The second-order valence-corrected chi connectivity index (χ2v) is 7.56. The van der Waals surface area contributed by atoms with Crippen molar-refractivity contribution in [1.29, 1.82) is 0 Å². The van der Waals surface area contributed by atoms with Crippen LogP contribution in [0.5, 0.6) is 5.75 Å². The normalized spacial score (nSPS) is 17.2. The van der Waals surface area contributed by atoms with Gasteiger partial charge in [-0.15, -0.1) is 0 Å². The summed E-state index contributed by atoms with van der Waals surface area (Å²) in [6.45, 7) is 2.84. The molecule has 0 saturated heterocycles.